The zero-order valence-electron chi connectivity index (χ0n) is 13.2. The number of amides is 2. The quantitative estimate of drug-likeness (QED) is 0.893. The molecule has 1 aromatic rings. The summed E-state index contributed by atoms with van der Waals surface area (Å²) in [7, 11) is 1.94. The molecule has 6 heteroatoms. The SMILES string of the molecule is Cn1ccnc1CCN1CCC(=O)NC(C(C)(C)C)C1=O. The number of nitrogens with one attached hydrogen (secondary N) is 1. The molecule has 116 valence electrons. The van der Waals surface area contributed by atoms with Crippen molar-refractivity contribution in [2.45, 2.75) is 39.7 Å². The summed E-state index contributed by atoms with van der Waals surface area (Å²) in [4.78, 5) is 30.5. The van der Waals surface area contributed by atoms with Crippen molar-refractivity contribution in [1.29, 1.82) is 0 Å². The van der Waals surface area contributed by atoms with Crippen LogP contribution < -0.4 is 5.32 Å². The Morgan fingerprint density at radius 2 is 2.10 bits per heavy atom. The molecule has 0 aliphatic carbocycles. The zero-order valence-corrected chi connectivity index (χ0v) is 13.2. The summed E-state index contributed by atoms with van der Waals surface area (Å²) >= 11 is 0. The van der Waals surface area contributed by atoms with Crippen LogP contribution in [0, 0.1) is 5.41 Å². The normalized spacial score (nSPS) is 20.4. The molecule has 21 heavy (non-hydrogen) atoms. The lowest BCUT2D eigenvalue weighted by Gasteiger charge is -2.32. The number of aryl methyl sites for hydroxylation is 1. The fraction of sp³-hybridized carbons (Fsp3) is 0.667. The fourth-order valence-corrected chi connectivity index (χ4v) is 2.51. The van der Waals surface area contributed by atoms with E-state index in [1.54, 1.807) is 11.1 Å². The summed E-state index contributed by atoms with van der Waals surface area (Å²) in [6.45, 7) is 6.97. The molecule has 1 N–H and O–H groups in total. The van der Waals surface area contributed by atoms with Gasteiger partial charge in [-0.05, 0) is 5.41 Å². The van der Waals surface area contributed by atoms with Gasteiger partial charge in [-0.25, -0.2) is 4.98 Å². The van der Waals surface area contributed by atoms with Crippen LogP contribution in [0.1, 0.15) is 33.0 Å². The molecule has 0 saturated carbocycles. The number of aromatic nitrogens is 2. The van der Waals surface area contributed by atoms with Crippen molar-refractivity contribution in [2.75, 3.05) is 13.1 Å². The van der Waals surface area contributed by atoms with Gasteiger partial charge in [-0.3, -0.25) is 9.59 Å². The summed E-state index contributed by atoms with van der Waals surface area (Å²) in [5.74, 6) is 0.893. The average molecular weight is 292 g/mol. The van der Waals surface area contributed by atoms with Crippen molar-refractivity contribution in [3.63, 3.8) is 0 Å². The van der Waals surface area contributed by atoms with Crippen LogP contribution in [-0.4, -0.2) is 45.4 Å². The maximum Gasteiger partial charge on any atom is 0.245 e. The van der Waals surface area contributed by atoms with Gasteiger partial charge in [-0.15, -0.1) is 0 Å². The Balaban J connectivity index is 2.09. The second kappa shape index (κ2) is 5.87. The van der Waals surface area contributed by atoms with Crippen LogP contribution in [0.3, 0.4) is 0 Å². The lowest BCUT2D eigenvalue weighted by atomic mass is 9.86. The van der Waals surface area contributed by atoms with E-state index in [1.807, 2.05) is 38.6 Å². The van der Waals surface area contributed by atoms with Crippen LogP contribution in [0.15, 0.2) is 12.4 Å². The Bertz CT molecular complexity index is 530. The molecule has 1 aromatic heterocycles. The number of rotatable bonds is 3. The van der Waals surface area contributed by atoms with Crippen LogP contribution in [0.4, 0.5) is 0 Å². The molecule has 0 radical (unpaired) electrons. The van der Waals surface area contributed by atoms with E-state index in [4.69, 9.17) is 0 Å². The highest BCUT2D eigenvalue weighted by molar-refractivity contribution is 5.90. The van der Waals surface area contributed by atoms with Gasteiger partial charge in [0.2, 0.25) is 11.8 Å². The minimum Gasteiger partial charge on any atom is -0.344 e. The van der Waals surface area contributed by atoms with Gasteiger partial charge in [0.15, 0.2) is 0 Å². The molecule has 6 nitrogen and oxygen atoms in total. The topological polar surface area (TPSA) is 67.2 Å². The largest absolute Gasteiger partial charge is 0.344 e. The molecule has 1 fully saturated rings. The van der Waals surface area contributed by atoms with Gasteiger partial charge in [0.25, 0.3) is 0 Å². The van der Waals surface area contributed by atoms with Crippen LogP contribution >= 0.6 is 0 Å². The van der Waals surface area contributed by atoms with Gasteiger partial charge in [0, 0.05) is 45.4 Å². The Labute approximate surface area is 125 Å². The first-order chi connectivity index (χ1) is 9.79. The summed E-state index contributed by atoms with van der Waals surface area (Å²) in [5.41, 5.74) is -0.293. The fourth-order valence-electron chi connectivity index (χ4n) is 2.51. The minimum atomic E-state index is -0.464. The van der Waals surface area contributed by atoms with Crippen LogP contribution in [0.2, 0.25) is 0 Å². The van der Waals surface area contributed by atoms with E-state index in [1.165, 1.54) is 0 Å². The molecule has 1 saturated heterocycles. The third-order valence-corrected chi connectivity index (χ3v) is 3.87. The third kappa shape index (κ3) is 3.62. The first kappa shape index (κ1) is 15.5. The van der Waals surface area contributed by atoms with Crippen LogP contribution in [0.5, 0.6) is 0 Å². The van der Waals surface area contributed by atoms with Gasteiger partial charge < -0.3 is 14.8 Å². The molecular weight excluding hydrogens is 268 g/mol. The van der Waals surface area contributed by atoms with Crippen molar-refractivity contribution < 1.29 is 9.59 Å². The molecule has 1 atom stereocenters. The standard InChI is InChI=1S/C15H24N4O2/c1-15(2,3)13-14(21)19(9-6-12(20)17-13)8-5-11-16-7-10-18(11)4/h7,10,13H,5-6,8-9H2,1-4H3,(H,17,20). The Hall–Kier alpha value is -1.85. The van der Waals surface area contributed by atoms with Crippen LogP contribution in [-0.2, 0) is 23.1 Å². The first-order valence-corrected chi connectivity index (χ1v) is 7.33. The Kier molecular flexibility index (Phi) is 4.34. The van der Waals surface area contributed by atoms with Crippen molar-refractivity contribution in [1.82, 2.24) is 19.8 Å². The van der Waals surface area contributed by atoms with Gasteiger partial charge in [-0.2, -0.15) is 0 Å². The number of carbonyl (C=O) groups excluding carboxylic acids is 2. The van der Waals surface area contributed by atoms with Crippen molar-refractivity contribution >= 4 is 11.8 Å². The summed E-state index contributed by atoms with van der Waals surface area (Å²) in [5, 5.41) is 2.85. The number of hydrogen-bond donors (Lipinski definition) is 1. The molecule has 0 aromatic carbocycles. The van der Waals surface area contributed by atoms with E-state index in [0.717, 1.165) is 5.82 Å². The highest BCUT2D eigenvalue weighted by atomic mass is 16.2. The number of hydrogen-bond acceptors (Lipinski definition) is 3. The van der Waals surface area contributed by atoms with E-state index in [0.29, 0.717) is 25.9 Å². The lowest BCUT2D eigenvalue weighted by molar-refractivity contribution is -0.136. The average Bonchev–Trinajstić information content (AvgIpc) is 2.73. The number of nitrogens with zero attached hydrogens (tertiary/aromatic N) is 3. The summed E-state index contributed by atoms with van der Waals surface area (Å²) < 4.78 is 1.95. The maximum atomic E-state index is 12.7. The zero-order chi connectivity index (χ0) is 15.6. The van der Waals surface area contributed by atoms with Crippen molar-refractivity contribution in [3.05, 3.63) is 18.2 Å². The third-order valence-electron chi connectivity index (χ3n) is 3.87. The molecule has 1 unspecified atom stereocenters. The monoisotopic (exact) mass is 292 g/mol. The molecule has 2 heterocycles. The molecule has 0 spiro atoms. The predicted molar refractivity (Wildman–Crippen MR) is 79.5 cm³/mol. The number of imidazole rings is 1. The van der Waals surface area contributed by atoms with Crippen LogP contribution in [0.25, 0.3) is 0 Å². The molecule has 1 aliphatic heterocycles. The van der Waals surface area contributed by atoms with E-state index in [9.17, 15) is 9.59 Å². The molecule has 2 rings (SSSR count). The van der Waals surface area contributed by atoms with E-state index < -0.39 is 6.04 Å². The maximum absolute atomic E-state index is 12.7. The number of carbonyl (C=O) groups is 2. The highest BCUT2D eigenvalue weighted by Crippen LogP contribution is 2.23. The van der Waals surface area contributed by atoms with Crippen molar-refractivity contribution in [2.24, 2.45) is 12.5 Å². The highest BCUT2D eigenvalue weighted by Gasteiger charge is 2.37. The molecule has 1 aliphatic rings. The summed E-state index contributed by atoms with van der Waals surface area (Å²) in [6, 6.07) is -0.464. The van der Waals surface area contributed by atoms with Gasteiger partial charge in [0.05, 0.1) is 0 Å². The van der Waals surface area contributed by atoms with Gasteiger partial charge in [-0.1, -0.05) is 20.8 Å². The van der Waals surface area contributed by atoms with E-state index in [-0.39, 0.29) is 17.2 Å². The predicted octanol–water partition coefficient (Wildman–Crippen LogP) is 0.726. The van der Waals surface area contributed by atoms with E-state index in [2.05, 4.69) is 10.3 Å². The molecule has 2 amide bonds. The minimum absolute atomic E-state index is 0.00237. The second-order valence-corrected chi connectivity index (χ2v) is 6.65. The summed E-state index contributed by atoms with van der Waals surface area (Å²) in [6.07, 6.45) is 4.70. The first-order valence-electron chi connectivity index (χ1n) is 7.33. The Morgan fingerprint density at radius 1 is 1.38 bits per heavy atom. The molecule has 0 bridgehead atoms. The smallest absolute Gasteiger partial charge is 0.245 e. The molecular formula is C15H24N4O2. The lowest BCUT2D eigenvalue weighted by Crippen LogP contribution is -2.52. The Morgan fingerprint density at radius 3 is 2.67 bits per heavy atom. The van der Waals surface area contributed by atoms with Gasteiger partial charge in [0.1, 0.15) is 11.9 Å². The van der Waals surface area contributed by atoms with Crippen molar-refractivity contribution in [3.8, 4) is 0 Å². The van der Waals surface area contributed by atoms with E-state index >= 15 is 0 Å². The van der Waals surface area contributed by atoms with Gasteiger partial charge >= 0.3 is 0 Å². The second-order valence-electron chi connectivity index (χ2n) is 6.65.